The molecule has 0 atom stereocenters. The number of halogens is 2. The highest BCUT2D eigenvalue weighted by Crippen LogP contribution is 2.30. The van der Waals surface area contributed by atoms with E-state index in [0.717, 1.165) is 5.69 Å². The predicted molar refractivity (Wildman–Crippen MR) is 85.6 cm³/mol. The SMILES string of the molecule is Cc1cc(C)n(C)c(=O)c1C(=O)Nc1c(Cl)cccc1Cl. The first-order valence-electron chi connectivity index (χ1n) is 6.25. The molecular weight excluding hydrogens is 311 g/mol. The summed E-state index contributed by atoms with van der Waals surface area (Å²) in [5.74, 6) is -0.525. The van der Waals surface area contributed by atoms with Gasteiger partial charge in [-0.1, -0.05) is 29.3 Å². The summed E-state index contributed by atoms with van der Waals surface area (Å²) in [6, 6.07) is 6.69. The summed E-state index contributed by atoms with van der Waals surface area (Å²) in [7, 11) is 1.62. The van der Waals surface area contributed by atoms with Crippen molar-refractivity contribution >= 4 is 34.8 Å². The molecule has 0 bridgehead atoms. The van der Waals surface area contributed by atoms with Crippen molar-refractivity contribution in [2.75, 3.05) is 5.32 Å². The Morgan fingerprint density at radius 2 is 1.76 bits per heavy atom. The van der Waals surface area contributed by atoms with E-state index in [-0.39, 0.29) is 11.1 Å². The third-order valence-electron chi connectivity index (χ3n) is 3.30. The van der Waals surface area contributed by atoms with Crippen molar-refractivity contribution in [3.8, 4) is 0 Å². The van der Waals surface area contributed by atoms with Gasteiger partial charge in [0.2, 0.25) is 0 Å². The van der Waals surface area contributed by atoms with Crippen LogP contribution in [0.3, 0.4) is 0 Å². The second-order valence-corrected chi connectivity index (χ2v) is 5.57. The smallest absolute Gasteiger partial charge is 0.263 e. The number of nitrogens with one attached hydrogen (secondary N) is 1. The van der Waals surface area contributed by atoms with Gasteiger partial charge in [-0.3, -0.25) is 9.59 Å². The highest BCUT2D eigenvalue weighted by molar-refractivity contribution is 6.40. The van der Waals surface area contributed by atoms with E-state index in [9.17, 15) is 9.59 Å². The van der Waals surface area contributed by atoms with E-state index in [1.54, 1.807) is 45.2 Å². The zero-order valence-electron chi connectivity index (χ0n) is 11.8. The van der Waals surface area contributed by atoms with Crippen LogP contribution in [0.1, 0.15) is 21.6 Å². The summed E-state index contributed by atoms with van der Waals surface area (Å²) in [5, 5.41) is 3.24. The fraction of sp³-hybridized carbons (Fsp3) is 0.200. The van der Waals surface area contributed by atoms with Gasteiger partial charge >= 0.3 is 0 Å². The molecule has 0 spiro atoms. The van der Waals surface area contributed by atoms with Crippen LogP contribution in [0.25, 0.3) is 0 Å². The van der Waals surface area contributed by atoms with Crippen LogP contribution in [0.15, 0.2) is 29.1 Å². The maximum absolute atomic E-state index is 12.4. The van der Waals surface area contributed by atoms with Crippen LogP contribution in [-0.4, -0.2) is 10.5 Å². The van der Waals surface area contributed by atoms with Crippen LogP contribution in [-0.2, 0) is 7.05 Å². The molecule has 1 N–H and O–H groups in total. The molecule has 0 unspecified atom stereocenters. The summed E-state index contributed by atoms with van der Waals surface area (Å²) in [6.45, 7) is 3.53. The molecule has 6 heteroatoms. The maximum atomic E-state index is 12.4. The molecular formula is C15H14Cl2N2O2. The molecule has 1 amide bonds. The Kier molecular flexibility index (Phi) is 4.40. The molecule has 0 fully saturated rings. The lowest BCUT2D eigenvalue weighted by molar-refractivity contribution is 0.102. The summed E-state index contributed by atoms with van der Waals surface area (Å²) in [6.07, 6.45) is 0. The fourth-order valence-corrected chi connectivity index (χ4v) is 2.54. The largest absolute Gasteiger partial charge is 0.319 e. The highest BCUT2D eigenvalue weighted by Gasteiger charge is 2.18. The van der Waals surface area contributed by atoms with E-state index in [1.165, 1.54) is 4.57 Å². The lowest BCUT2D eigenvalue weighted by atomic mass is 10.1. The second-order valence-electron chi connectivity index (χ2n) is 4.76. The van der Waals surface area contributed by atoms with Crippen LogP contribution in [0.4, 0.5) is 5.69 Å². The Balaban J connectivity index is 2.48. The number of rotatable bonds is 2. The second kappa shape index (κ2) is 5.92. The van der Waals surface area contributed by atoms with E-state index >= 15 is 0 Å². The number of carbonyl (C=O) groups is 1. The molecule has 0 aliphatic rings. The van der Waals surface area contributed by atoms with Gasteiger partial charge in [-0.25, -0.2) is 0 Å². The number of carbonyl (C=O) groups excluding carboxylic acids is 1. The number of nitrogens with zero attached hydrogens (tertiary/aromatic N) is 1. The van der Waals surface area contributed by atoms with Gasteiger partial charge in [-0.05, 0) is 37.6 Å². The number of benzene rings is 1. The van der Waals surface area contributed by atoms with Gasteiger partial charge in [-0.15, -0.1) is 0 Å². The lowest BCUT2D eigenvalue weighted by Gasteiger charge is -2.12. The molecule has 1 heterocycles. The average molecular weight is 325 g/mol. The number of aryl methyl sites for hydroxylation is 2. The number of para-hydroxylation sites is 1. The Morgan fingerprint density at radius 3 is 2.33 bits per heavy atom. The lowest BCUT2D eigenvalue weighted by Crippen LogP contribution is -2.30. The van der Waals surface area contributed by atoms with Crippen LogP contribution < -0.4 is 10.9 Å². The van der Waals surface area contributed by atoms with E-state index in [1.807, 2.05) is 0 Å². The van der Waals surface area contributed by atoms with Gasteiger partial charge in [0, 0.05) is 12.7 Å². The van der Waals surface area contributed by atoms with Gasteiger partial charge in [0.15, 0.2) is 0 Å². The topological polar surface area (TPSA) is 51.1 Å². The van der Waals surface area contributed by atoms with Crippen molar-refractivity contribution < 1.29 is 4.79 Å². The Morgan fingerprint density at radius 1 is 1.19 bits per heavy atom. The van der Waals surface area contributed by atoms with Crippen LogP contribution in [0.2, 0.25) is 10.0 Å². The quantitative estimate of drug-likeness (QED) is 0.918. The monoisotopic (exact) mass is 324 g/mol. The fourth-order valence-electron chi connectivity index (χ4n) is 2.05. The molecule has 1 aromatic carbocycles. The van der Waals surface area contributed by atoms with Gasteiger partial charge < -0.3 is 9.88 Å². The zero-order valence-corrected chi connectivity index (χ0v) is 13.3. The number of hydrogen-bond donors (Lipinski definition) is 1. The normalized spacial score (nSPS) is 10.5. The highest BCUT2D eigenvalue weighted by atomic mass is 35.5. The molecule has 2 rings (SSSR count). The van der Waals surface area contributed by atoms with Gasteiger partial charge in [-0.2, -0.15) is 0 Å². The predicted octanol–water partition coefficient (Wildman–Crippen LogP) is 3.56. The molecule has 4 nitrogen and oxygen atoms in total. The minimum absolute atomic E-state index is 0.0825. The minimum Gasteiger partial charge on any atom is -0.319 e. The summed E-state index contributed by atoms with van der Waals surface area (Å²) < 4.78 is 1.43. The van der Waals surface area contributed by atoms with Crippen molar-refractivity contribution in [3.05, 3.63) is 61.5 Å². The van der Waals surface area contributed by atoms with Crippen molar-refractivity contribution in [2.45, 2.75) is 13.8 Å². The van der Waals surface area contributed by atoms with Crippen molar-refractivity contribution in [2.24, 2.45) is 7.05 Å². The first kappa shape index (κ1) is 15.6. The van der Waals surface area contributed by atoms with Crippen molar-refractivity contribution in [3.63, 3.8) is 0 Å². The summed E-state index contributed by atoms with van der Waals surface area (Å²) in [5.41, 5.74) is 1.42. The molecule has 0 radical (unpaired) electrons. The number of aromatic nitrogens is 1. The minimum atomic E-state index is -0.525. The van der Waals surface area contributed by atoms with Gasteiger partial charge in [0.1, 0.15) is 5.56 Å². The zero-order chi connectivity index (χ0) is 15.7. The maximum Gasteiger partial charge on any atom is 0.263 e. The number of hydrogen-bond acceptors (Lipinski definition) is 2. The Bertz CT molecular complexity index is 762. The Hall–Kier alpha value is -1.78. The summed E-state index contributed by atoms with van der Waals surface area (Å²) in [4.78, 5) is 24.6. The van der Waals surface area contributed by atoms with Crippen LogP contribution in [0, 0.1) is 13.8 Å². The van der Waals surface area contributed by atoms with Gasteiger partial charge in [0.25, 0.3) is 11.5 Å². The van der Waals surface area contributed by atoms with Crippen LogP contribution >= 0.6 is 23.2 Å². The van der Waals surface area contributed by atoms with Crippen LogP contribution in [0.5, 0.6) is 0 Å². The van der Waals surface area contributed by atoms with E-state index in [2.05, 4.69) is 5.32 Å². The molecule has 0 saturated carbocycles. The number of anilines is 1. The van der Waals surface area contributed by atoms with E-state index < -0.39 is 5.91 Å². The first-order valence-corrected chi connectivity index (χ1v) is 7.01. The first-order chi connectivity index (χ1) is 9.82. The molecule has 2 aromatic rings. The van der Waals surface area contributed by atoms with E-state index in [4.69, 9.17) is 23.2 Å². The molecule has 110 valence electrons. The van der Waals surface area contributed by atoms with Gasteiger partial charge in [0.05, 0.1) is 15.7 Å². The van der Waals surface area contributed by atoms with Crippen molar-refractivity contribution in [1.29, 1.82) is 0 Å². The molecule has 1 aromatic heterocycles. The number of amides is 1. The molecule has 0 aliphatic heterocycles. The molecule has 0 aliphatic carbocycles. The Labute approximate surface area is 132 Å². The molecule has 21 heavy (non-hydrogen) atoms. The average Bonchev–Trinajstić information content (AvgIpc) is 2.40. The van der Waals surface area contributed by atoms with E-state index in [0.29, 0.717) is 21.3 Å². The third kappa shape index (κ3) is 2.96. The third-order valence-corrected chi connectivity index (χ3v) is 3.93. The standard InChI is InChI=1S/C15H14Cl2N2O2/c1-8-7-9(2)19(3)15(21)12(8)14(20)18-13-10(16)5-4-6-11(13)17/h4-7H,1-3H3,(H,18,20). The summed E-state index contributed by atoms with van der Waals surface area (Å²) >= 11 is 12.0. The molecule has 0 saturated heterocycles. The van der Waals surface area contributed by atoms with Crippen molar-refractivity contribution in [1.82, 2.24) is 4.57 Å². The number of pyridine rings is 1.